The molecule has 5 heteroatoms. The zero-order chi connectivity index (χ0) is 14.6. The molecule has 1 amide bonds. The molecule has 0 radical (unpaired) electrons. The number of hydrogen-bond acceptors (Lipinski definition) is 2. The van der Waals surface area contributed by atoms with Crippen molar-refractivity contribution >= 4 is 23.1 Å². The van der Waals surface area contributed by atoms with Gasteiger partial charge in [-0.1, -0.05) is 37.9 Å². The van der Waals surface area contributed by atoms with Gasteiger partial charge in [-0.05, 0) is 37.1 Å². The van der Waals surface area contributed by atoms with Gasteiger partial charge in [-0.15, -0.1) is 0 Å². The number of hydrogen-bond donors (Lipinski definition) is 2. The second-order valence-electron chi connectivity index (χ2n) is 5.32. The Bertz CT molecular complexity index is 493. The molecule has 1 aliphatic rings. The summed E-state index contributed by atoms with van der Waals surface area (Å²) in [7, 11) is 0. The van der Waals surface area contributed by atoms with E-state index in [2.05, 4.69) is 5.32 Å². The smallest absolute Gasteiger partial charge is 0.252 e. The zero-order valence-electron chi connectivity index (χ0n) is 11.3. The van der Waals surface area contributed by atoms with Crippen molar-refractivity contribution < 1.29 is 9.18 Å². The highest BCUT2D eigenvalue weighted by Gasteiger charge is 2.35. The number of amides is 1. The van der Waals surface area contributed by atoms with E-state index in [1.165, 1.54) is 24.3 Å². The zero-order valence-corrected chi connectivity index (χ0v) is 12.1. The number of rotatable bonds is 3. The molecular formula is C15H19FN2OS. The Hall–Kier alpha value is -1.49. The summed E-state index contributed by atoms with van der Waals surface area (Å²) >= 11 is 5.18. The van der Waals surface area contributed by atoms with Crippen LogP contribution in [0.1, 0.15) is 48.9 Å². The predicted octanol–water partition coefficient (Wildman–Crippen LogP) is 2.93. The van der Waals surface area contributed by atoms with Crippen molar-refractivity contribution in [3.05, 3.63) is 35.6 Å². The molecule has 0 unspecified atom stereocenters. The number of carbonyl (C=O) groups is 1. The van der Waals surface area contributed by atoms with Gasteiger partial charge in [0.2, 0.25) is 0 Å². The molecule has 3 N–H and O–H groups in total. The fourth-order valence-electron chi connectivity index (χ4n) is 2.66. The topological polar surface area (TPSA) is 55.1 Å². The van der Waals surface area contributed by atoms with Crippen LogP contribution in [0.3, 0.4) is 0 Å². The number of carbonyl (C=O) groups excluding carboxylic acids is 1. The molecule has 0 spiro atoms. The molecule has 0 saturated heterocycles. The van der Waals surface area contributed by atoms with Gasteiger partial charge in [0.05, 0.1) is 10.5 Å². The maximum atomic E-state index is 12.9. The summed E-state index contributed by atoms with van der Waals surface area (Å²) in [6.07, 6.45) is 5.82. The fraction of sp³-hybridized carbons (Fsp3) is 0.467. The highest BCUT2D eigenvalue weighted by molar-refractivity contribution is 7.80. The molecule has 0 heterocycles. The average molecular weight is 294 g/mol. The monoisotopic (exact) mass is 294 g/mol. The molecule has 0 atom stereocenters. The van der Waals surface area contributed by atoms with Gasteiger partial charge in [0.15, 0.2) is 0 Å². The summed E-state index contributed by atoms with van der Waals surface area (Å²) < 4.78 is 12.9. The number of thiocarbonyl (C=S) groups is 1. The molecule has 1 aliphatic carbocycles. The molecule has 0 aromatic heterocycles. The maximum absolute atomic E-state index is 12.9. The van der Waals surface area contributed by atoms with Crippen LogP contribution >= 0.6 is 12.2 Å². The van der Waals surface area contributed by atoms with Crippen LogP contribution < -0.4 is 11.1 Å². The van der Waals surface area contributed by atoms with Gasteiger partial charge in [0.25, 0.3) is 5.91 Å². The second kappa shape index (κ2) is 6.31. The molecule has 1 aromatic rings. The summed E-state index contributed by atoms with van der Waals surface area (Å²) in [5.41, 5.74) is 5.70. The van der Waals surface area contributed by atoms with Gasteiger partial charge >= 0.3 is 0 Å². The summed E-state index contributed by atoms with van der Waals surface area (Å²) in [5, 5.41) is 2.98. The summed E-state index contributed by atoms with van der Waals surface area (Å²) in [5.74, 6) is -0.611. The Morgan fingerprint density at radius 2 is 1.70 bits per heavy atom. The predicted molar refractivity (Wildman–Crippen MR) is 81.1 cm³/mol. The summed E-state index contributed by atoms with van der Waals surface area (Å²) in [6, 6.07) is 5.48. The van der Waals surface area contributed by atoms with Crippen LogP contribution in [-0.2, 0) is 0 Å². The second-order valence-corrected chi connectivity index (χ2v) is 5.76. The van der Waals surface area contributed by atoms with Crippen molar-refractivity contribution in [2.24, 2.45) is 5.73 Å². The molecule has 108 valence electrons. The lowest BCUT2D eigenvalue weighted by Gasteiger charge is -2.33. The first-order valence-corrected chi connectivity index (χ1v) is 7.32. The lowest BCUT2D eigenvalue weighted by molar-refractivity contribution is 0.0917. The molecule has 20 heavy (non-hydrogen) atoms. The molecule has 0 bridgehead atoms. The highest BCUT2D eigenvalue weighted by atomic mass is 32.1. The van der Waals surface area contributed by atoms with Crippen LogP contribution in [0.2, 0.25) is 0 Å². The normalized spacial score (nSPS) is 18.1. The minimum atomic E-state index is -0.600. The molecule has 1 fully saturated rings. The van der Waals surface area contributed by atoms with E-state index in [1.807, 2.05) is 0 Å². The Morgan fingerprint density at radius 1 is 1.15 bits per heavy atom. The van der Waals surface area contributed by atoms with Crippen molar-refractivity contribution in [2.45, 2.75) is 44.1 Å². The van der Waals surface area contributed by atoms with E-state index in [4.69, 9.17) is 18.0 Å². The Balaban J connectivity index is 2.17. The quantitative estimate of drug-likeness (QED) is 0.665. The number of nitrogens with two attached hydrogens (primary N) is 1. The van der Waals surface area contributed by atoms with Crippen LogP contribution in [0.25, 0.3) is 0 Å². The van der Waals surface area contributed by atoms with Gasteiger partial charge < -0.3 is 11.1 Å². The maximum Gasteiger partial charge on any atom is 0.252 e. The van der Waals surface area contributed by atoms with Crippen LogP contribution in [0.15, 0.2) is 24.3 Å². The van der Waals surface area contributed by atoms with Crippen molar-refractivity contribution in [3.63, 3.8) is 0 Å². The third kappa shape index (κ3) is 3.33. The van der Waals surface area contributed by atoms with Gasteiger partial charge in [-0.25, -0.2) is 4.39 Å². The molecule has 2 rings (SSSR count). The van der Waals surface area contributed by atoms with Gasteiger partial charge in [0, 0.05) is 5.56 Å². The summed E-state index contributed by atoms with van der Waals surface area (Å²) in [4.78, 5) is 12.6. The van der Waals surface area contributed by atoms with E-state index in [1.54, 1.807) is 0 Å². The van der Waals surface area contributed by atoms with E-state index in [0.717, 1.165) is 38.5 Å². The standard InChI is InChI=1S/C15H19FN2OS/c16-12-7-5-11(6-8-12)13(19)18-15(14(17)20)9-3-1-2-4-10-15/h5-8H,1-4,9-10H2,(H2,17,20)(H,18,19). The highest BCUT2D eigenvalue weighted by Crippen LogP contribution is 2.28. The van der Waals surface area contributed by atoms with Gasteiger partial charge in [-0.2, -0.15) is 0 Å². The largest absolute Gasteiger partial charge is 0.391 e. The summed E-state index contributed by atoms with van der Waals surface area (Å²) in [6.45, 7) is 0. The number of benzene rings is 1. The minimum Gasteiger partial charge on any atom is -0.391 e. The van der Waals surface area contributed by atoms with E-state index in [9.17, 15) is 9.18 Å². The van der Waals surface area contributed by atoms with Crippen molar-refractivity contribution in [3.8, 4) is 0 Å². The van der Waals surface area contributed by atoms with Crippen LogP contribution in [0, 0.1) is 5.82 Å². The van der Waals surface area contributed by atoms with E-state index in [-0.39, 0.29) is 11.7 Å². The average Bonchev–Trinajstić information content (AvgIpc) is 2.66. The molecule has 1 saturated carbocycles. The van der Waals surface area contributed by atoms with E-state index < -0.39 is 5.54 Å². The lowest BCUT2D eigenvalue weighted by Crippen LogP contribution is -2.56. The third-order valence-corrected chi connectivity index (χ3v) is 4.28. The molecule has 3 nitrogen and oxygen atoms in total. The fourth-order valence-corrected chi connectivity index (χ4v) is 2.91. The van der Waals surface area contributed by atoms with Crippen LogP contribution in [0.4, 0.5) is 4.39 Å². The first-order chi connectivity index (χ1) is 9.53. The van der Waals surface area contributed by atoms with E-state index >= 15 is 0 Å². The van der Waals surface area contributed by atoms with Crippen LogP contribution in [0.5, 0.6) is 0 Å². The van der Waals surface area contributed by atoms with Gasteiger partial charge in [0.1, 0.15) is 5.82 Å². The Kier molecular flexibility index (Phi) is 4.70. The third-order valence-electron chi connectivity index (χ3n) is 3.89. The first kappa shape index (κ1) is 14.9. The molecule has 1 aromatic carbocycles. The van der Waals surface area contributed by atoms with E-state index in [0.29, 0.717) is 10.6 Å². The first-order valence-electron chi connectivity index (χ1n) is 6.91. The molecular weight excluding hydrogens is 275 g/mol. The lowest BCUT2D eigenvalue weighted by atomic mass is 9.89. The number of nitrogens with one attached hydrogen (secondary N) is 1. The molecule has 0 aliphatic heterocycles. The van der Waals surface area contributed by atoms with Crippen molar-refractivity contribution in [1.29, 1.82) is 0 Å². The Labute approximate surface area is 123 Å². The number of halogens is 1. The van der Waals surface area contributed by atoms with Crippen molar-refractivity contribution in [2.75, 3.05) is 0 Å². The van der Waals surface area contributed by atoms with Gasteiger partial charge in [-0.3, -0.25) is 4.79 Å². The van der Waals surface area contributed by atoms with Crippen LogP contribution in [-0.4, -0.2) is 16.4 Å². The minimum absolute atomic E-state index is 0.250. The Morgan fingerprint density at radius 3 is 2.20 bits per heavy atom. The van der Waals surface area contributed by atoms with Crippen molar-refractivity contribution in [1.82, 2.24) is 5.32 Å². The SMILES string of the molecule is NC(=S)C1(NC(=O)c2ccc(F)cc2)CCCCCC1.